The summed E-state index contributed by atoms with van der Waals surface area (Å²) in [6.45, 7) is 3.48. The second-order valence-electron chi connectivity index (χ2n) is 4.28. The molecule has 0 amide bonds. The first-order chi connectivity index (χ1) is 10.1. The molecule has 0 aliphatic carbocycles. The van der Waals surface area contributed by atoms with E-state index in [4.69, 9.17) is 13.9 Å². The van der Waals surface area contributed by atoms with Crippen LogP contribution in [0, 0.1) is 5.82 Å². The number of fused-ring (bicyclic) bond motifs is 1. The Morgan fingerprint density at radius 3 is 2.38 bits per heavy atom. The highest BCUT2D eigenvalue weighted by Crippen LogP contribution is 2.27. The number of esters is 2. The Bertz CT molecular complexity index is 643. The first-order valence-corrected chi connectivity index (χ1v) is 6.58. The van der Waals surface area contributed by atoms with Gasteiger partial charge in [0, 0.05) is 5.39 Å². The van der Waals surface area contributed by atoms with Crippen LogP contribution in [0.5, 0.6) is 0 Å². The molecule has 0 N–H and O–H groups in total. The molecule has 1 heterocycles. The van der Waals surface area contributed by atoms with E-state index < -0.39 is 23.7 Å². The highest BCUT2D eigenvalue weighted by molar-refractivity contribution is 6.01. The van der Waals surface area contributed by atoms with Gasteiger partial charge in [-0.1, -0.05) is 0 Å². The van der Waals surface area contributed by atoms with Crippen LogP contribution in [0.4, 0.5) is 4.39 Å². The molecule has 1 aromatic carbocycles. The number of benzene rings is 1. The third-order valence-electron chi connectivity index (χ3n) is 2.91. The minimum Gasteiger partial charge on any atom is -0.465 e. The average molecular weight is 294 g/mol. The summed E-state index contributed by atoms with van der Waals surface area (Å²) in [5.74, 6) is -3.49. The lowest BCUT2D eigenvalue weighted by atomic mass is 9.98. The van der Waals surface area contributed by atoms with E-state index in [1.807, 2.05) is 0 Å². The van der Waals surface area contributed by atoms with E-state index in [1.165, 1.54) is 12.3 Å². The van der Waals surface area contributed by atoms with Crippen molar-refractivity contribution in [2.24, 2.45) is 0 Å². The van der Waals surface area contributed by atoms with Crippen molar-refractivity contribution in [2.45, 2.75) is 19.8 Å². The van der Waals surface area contributed by atoms with Gasteiger partial charge in [-0.25, -0.2) is 4.39 Å². The van der Waals surface area contributed by atoms with Crippen LogP contribution in [0.3, 0.4) is 0 Å². The summed E-state index contributed by atoms with van der Waals surface area (Å²) in [6.07, 6.45) is 1.33. The van der Waals surface area contributed by atoms with Gasteiger partial charge in [-0.15, -0.1) is 0 Å². The van der Waals surface area contributed by atoms with E-state index >= 15 is 0 Å². The maximum Gasteiger partial charge on any atom is 0.324 e. The van der Waals surface area contributed by atoms with Gasteiger partial charge in [-0.05, 0) is 37.6 Å². The fraction of sp³-hybridized carbons (Fsp3) is 0.333. The first kappa shape index (κ1) is 15.0. The highest BCUT2D eigenvalue weighted by Gasteiger charge is 2.32. The van der Waals surface area contributed by atoms with Crippen molar-refractivity contribution < 1.29 is 27.9 Å². The molecule has 0 spiro atoms. The minimum atomic E-state index is -1.31. The lowest BCUT2D eigenvalue weighted by molar-refractivity contribution is -0.156. The molecule has 0 bridgehead atoms. The van der Waals surface area contributed by atoms with Gasteiger partial charge in [0.25, 0.3) is 0 Å². The number of halogens is 1. The zero-order valence-corrected chi connectivity index (χ0v) is 11.7. The van der Waals surface area contributed by atoms with Crippen molar-refractivity contribution in [3.63, 3.8) is 0 Å². The van der Waals surface area contributed by atoms with Gasteiger partial charge in [0.05, 0.1) is 19.5 Å². The van der Waals surface area contributed by atoms with Crippen LogP contribution in [-0.2, 0) is 19.1 Å². The monoisotopic (exact) mass is 294 g/mol. The number of carbonyl (C=O) groups is 2. The maximum absolute atomic E-state index is 13.9. The van der Waals surface area contributed by atoms with Gasteiger partial charge in [0.1, 0.15) is 0 Å². The second kappa shape index (κ2) is 6.39. The minimum absolute atomic E-state index is 0.0743. The molecule has 2 aromatic rings. The number of rotatable bonds is 5. The lowest BCUT2D eigenvalue weighted by Gasteiger charge is -2.14. The largest absolute Gasteiger partial charge is 0.465 e. The van der Waals surface area contributed by atoms with Gasteiger partial charge in [-0.2, -0.15) is 0 Å². The van der Waals surface area contributed by atoms with Gasteiger partial charge in [-0.3, -0.25) is 9.59 Å². The molecule has 21 heavy (non-hydrogen) atoms. The summed E-state index contributed by atoms with van der Waals surface area (Å²) < 4.78 is 28.7. The SMILES string of the molecule is CCOC(=O)C(C(=O)OCC)c1cc(F)c2occc2c1. The highest BCUT2D eigenvalue weighted by atomic mass is 19.1. The topological polar surface area (TPSA) is 65.7 Å². The van der Waals surface area contributed by atoms with Gasteiger partial charge in [0.15, 0.2) is 17.3 Å². The number of ether oxygens (including phenoxy) is 2. The normalized spacial score (nSPS) is 10.9. The average Bonchev–Trinajstić information content (AvgIpc) is 2.88. The Hall–Kier alpha value is -2.37. The van der Waals surface area contributed by atoms with Crippen LogP contribution < -0.4 is 0 Å². The molecule has 0 aliphatic rings. The third kappa shape index (κ3) is 3.04. The zero-order valence-electron chi connectivity index (χ0n) is 11.7. The van der Waals surface area contributed by atoms with Gasteiger partial charge >= 0.3 is 11.9 Å². The van der Waals surface area contributed by atoms with Crippen molar-refractivity contribution in [3.8, 4) is 0 Å². The fourth-order valence-electron chi connectivity index (χ4n) is 2.05. The second-order valence-corrected chi connectivity index (χ2v) is 4.28. The molecule has 2 rings (SSSR count). The summed E-state index contributed by atoms with van der Waals surface area (Å²) in [6, 6.07) is 4.15. The lowest BCUT2D eigenvalue weighted by Crippen LogP contribution is -2.26. The molecule has 5 nitrogen and oxygen atoms in total. The summed E-state index contributed by atoms with van der Waals surface area (Å²) >= 11 is 0. The molecule has 6 heteroatoms. The molecule has 0 atom stereocenters. The van der Waals surface area contributed by atoms with Crippen LogP contribution in [0.25, 0.3) is 11.0 Å². The molecule has 0 saturated heterocycles. The quantitative estimate of drug-likeness (QED) is 0.626. The molecule has 0 fully saturated rings. The van der Waals surface area contributed by atoms with Crippen LogP contribution >= 0.6 is 0 Å². The number of carbonyl (C=O) groups excluding carboxylic acids is 2. The summed E-state index contributed by atoms with van der Waals surface area (Å²) in [4.78, 5) is 24.0. The summed E-state index contributed by atoms with van der Waals surface area (Å²) in [5, 5.41) is 0.462. The Morgan fingerprint density at radius 1 is 1.19 bits per heavy atom. The van der Waals surface area contributed by atoms with E-state index in [0.29, 0.717) is 5.39 Å². The molecule has 0 unspecified atom stereocenters. The van der Waals surface area contributed by atoms with E-state index in [2.05, 4.69) is 0 Å². The molecular formula is C15H15FO5. The van der Waals surface area contributed by atoms with Crippen molar-refractivity contribution >= 4 is 22.9 Å². The van der Waals surface area contributed by atoms with Crippen LogP contribution in [0.2, 0.25) is 0 Å². The predicted molar refractivity (Wildman–Crippen MR) is 72.2 cm³/mol. The smallest absolute Gasteiger partial charge is 0.324 e. The van der Waals surface area contributed by atoms with Crippen LogP contribution in [0.15, 0.2) is 28.9 Å². The summed E-state index contributed by atoms with van der Waals surface area (Å²) in [7, 11) is 0. The Morgan fingerprint density at radius 2 is 1.81 bits per heavy atom. The predicted octanol–water partition coefficient (Wildman–Crippen LogP) is 2.78. The van der Waals surface area contributed by atoms with E-state index in [0.717, 1.165) is 6.07 Å². The van der Waals surface area contributed by atoms with E-state index in [-0.39, 0.29) is 24.4 Å². The van der Waals surface area contributed by atoms with Crippen molar-refractivity contribution in [2.75, 3.05) is 13.2 Å². The van der Waals surface area contributed by atoms with Crippen molar-refractivity contribution in [1.29, 1.82) is 0 Å². The van der Waals surface area contributed by atoms with E-state index in [9.17, 15) is 14.0 Å². The number of hydrogen-bond donors (Lipinski definition) is 0. The third-order valence-corrected chi connectivity index (χ3v) is 2.91. The van der Waals surface area contributed by atoms with Crippen LogP contribution in [0.1, 0.15) is 25.3 Å². The Balaban J connectivity index is 2.46. The standard InChI is InChI=1S/C15H15FO5/c1-3-19-14(17)12(15(18)20-4-2)10-7-9-5-6-21-13(9)11(16)8-10/h5-8,12H,3-4H2,1-2H3. The number of furan rings is 1. The molecule has 0 saturated carbocycles. The van der Waals surface area contributed by atoms with E-state index in [1.54, 1.807) is 19.9 Å². The molecular weight excluding hydrogens is 279 g/mol. The van der Waals surface area contributed by atoms with Gasteiger partial charge < -0.3 is 13.9 Å². The fourth-order valence-corrected chi connectivity index (χ4v) is 2.05. The first-order valence-electron chi connectivity index (χ1n) is 6.58. The zero-order chi connectivity index (χ0) is 15.4. The van der Waals surface area contributed by atoms with Crippen molar-refractivity contribution in [1.82, 2.24) is 0 Å². The Kier molecular flexibility index (Phi) is 4.57. The van der Waals surface area contributed by atoms with Crippen molar-refractivity contribution in [3.05, 3.63) is 35.8 Å². The maximum atomic E-state index is 13.9. The molecule has 0 radical (unpaired) electrons. The number of hydrogen-bond acceptors (Lipinski definition) is 5. The molecule has 112 valence electrons. The van der Waals surface area contributed by atoms with Gasteiger partial charge in [0.2, 0.25) is 0 Å². The molecule has 1 aromatic heterocycles. The summed E-state index contributed by atoms with van der Waals surface area (Å²) in [5.41, 5.74) is 0.253. The molecule has 0 aliphatic heterocycles. The van der Waals surface area contributed by atoms with Crippen LogP contribution in [-0.4, -0.2) is 25.2 Å². The Labute approximate surface area is 120 Å².